The van der Waals surface area contributed by atoms with Gasteiger partial charge in [-0.25, -0.2) is 0 Å². The molecular formula is C14H20N2O. The molecule has 1 aromatic carbocycles. The van der Waals surface area contributed by atoms with Gasteiger partial charge in [0.05, 0.1) is 0 Å². The zero-order valence-corrected chi connectivity index (χ0v) is 10.5. The average molecular weight is 232 g/mol. The van der Waals surface area contributed by atoms with Gasteiger partial charge in [0.15, 0.2) is 0 Å². The van der Waals surface area contributed by atoms with Crippen LogP contribution in [0.15, 0.2) is 30.3 Å². The summed E-state index contributed by atoms with van der Waals surface area (Å²) in [6.45, 7) is 3.92. The van der Waals surface area contributed by atoms with Gasteiger partial charge in [-0.1, -0.05) is 25.1 Å². The highest BCUT2D eigenvalue weighted by molar-refractivity contribution is 5.94. The fourth-order valence-corrected chi connectivity index (χ4v) is 2.39. The van der Waals surface area contributed by atoms with Crippen LogP contribution in [0.25, 0.3) is 0 Å². The third kappa shape index (κ3) is 2.67. The maximum absolute atomic E-state index is 12.3. The topological polar surface area (TPSA) is 32.3 Å². The molecule has 1 fully saturated rings. The minimum Gasteiger partial charge on any atom is -0.337 e. The van der Waals surface area contributed by atoms with Gasteiger partial charge >= 0.3 is 0 Å². The third-order valence-corrected chi connectivity index (χ3v) is 3.64. The monoisotopic (exact) mass is 232 g/mol. The molecule has 0 radical (unpaired) electrons. The van der Waals surface area contributed by atoms with Crippen molar-refractivity contribution in [1.29, 1.82) is 0 Å². The van der Waals surface area contributed by atoms with Crippen LogP contribution in [0, 0.1) is 5.92 Å². The van der Waals surface area contributed by atoms with Crippen LogP contribution in [-0.4, -0.2) is 37.0 Å². The quantitative estimate of drug-likeness (QED) is 0.842. The van der Waals surface area contributed by atoms with Crippen LogP contribution in [0.5, 0.6) is 0 Å². The molecule has 0 saturated carbocycles. The van der Waals surface area contributed by atoms with Crippen molar-refractivity contribution in [3.8, 4) is 0 Å². The normalized spacial score (nSPS) is 24.7. The molecule has 2 rings (SSSR count). The summed E-state index contributed by atoms with van der Waals surface area (Å²) in [7, 11) is 1.97. The van der Waals surface area contributed by atoms with Crippen LogP contribution < -0.4 is 5.32 Å². The second-order valence-corrected chi connectivity index (χ2v) is 4.78. The number of piperidine rings is 1. The lowest BCUT2D eigenvalue weighted by atomic mass is 9.93. The lowest BCUT2D eigenvalue weighted by Crippen LogP contribution is -2.50. The number of benzene rings is 1. The molecule has 17 heavy (non-hydrogen) atoms. The van der Waals surface area contributed by atoms with Gasteiger partial charge in [-0.05, 0) is 31.5 Å². The van der Waals surface area contributed by atoms with Crippen molar-refractivity contribution in [2.24, 2.45) is 5.92 Å². The molecule has 2 atom stereocenters. The van der Waals surface area contributed by atoms with Crippen molar-refractivity contribution in [1.82, 2.24) is 10.2 Å². The van der Waals surface area contributed by atoms with E-state index in [-0.39, 0.29) is 5.91 Å². The first-order valence-electron chi connectivity index (χ1n) is 6.24. The van der Waals surface area contributed by atoms with E-state index in [2.05, 4.69) is 12.2 Å². The van der Waals surface area contributed by atoms with Gasteiger partial charge in [0.2, 0.25) is 0 Å². The molecule has 1 unspecified atom stereocenters. The van der Waals surface area contributed by atoms with E-state index in [9.17, 15) is 4.79 Å². The molecule has 1 heterocycles. The summed E-state index contributed by atoms with van der Waals surface area (Å²) in [5.41, 5.74) is 0.789. The van der Waals surface area contributed by atoms with Crippen molar-refractivity contribution in [3.63, 3.8) is 0 Å². The maximum atomic E-state index is 12.3. The van der Waals surface area contributed by atoms with Crippen molar-refractivity contribution in [2.45, 2.75) is 19.4 Å². The SMILES string of the molecule is CN[C@H]1CN(C(=O)c2ccccc2)CCC1C. The zero-order valence-electron chi connectivity index (χ0n) is 10.5. The molecule has 1 aliphatic rings. The predicted octanol–water partition coefficient (Wildman–Crippen LogP) is 1.76. The Morgan fingerprint density at radius 2 is 2.06 bits per heavy atom. The molecule has 0 bridgehead atoms. The largest absolute Gasteiger partial charge is 0.337 e. The molecule has 3 heteroatoms. The Bertz CT molecular complexity index is 377. The van der Waals surface area contributed by atoms with Crippen molar-refractivity contribution in [3.05, 3.63) is 35.9 Å². The van der Waals surface area contributed by atoms with Gasteiger partial charge in [0.25, 0.3) is 5.91 Å². The third-order valence-electron chi connectivity index (χ3n) is 3.64. The average Bonchev–Trinajstić information content (AvgIpc) is 2.39. The number of nitrogens with one attached hydrogen (secondary N) is 1. The molecule has 1 saturated heterocycles. The van der Waals surface area contributed by atoms with E-state index in [0.717, 1.165) is 25.1 Å². The highest BCUT2D eigenvalue weighted by atomic mass is 16.2. The number of nitrogens with zero attached hydrogens (tertiary/aromatic N) is 1. The Hall–Kier alpha value is -1.35. The smallest absolute Gasteiger partial charge is 0.253 e. The fourth-order valence-electron chi connectivity index (χ4n) is 2.39. The number of amides is 1. The number of hydrogen-bond acceptors (Lipinski definition) is 2. The summed E-state index contributed by atoms with van der Waals surface area (Å²) in [5.74, 6) is 0.789. The molecule has 1 aromatic rings. The molecule has 3 nitrogen and oxygen atoms in total. The zero-order chi connectivity index (χ0) is 12.3. The van der Waals surface area contributed by atoms with Crippen LogP contribution in [0.4, 0.5) is 0 Å². The summed E-state index contributed by atoms with van der Waals surface area (Å²) in [4.78, 5) is 14.2. The van der Waals surface area contributed by atoms with E-state index in [1.165, 1.54) is 0 Å². The van der Waals surface area contributed by atoms with Crippen molar-refractivity contribution >= 4 is 5.91 Å². The molecule has 1 amide bonds. The fraction of sp³-hybridized carbons (Fsp3) is 0.500. The first-order valence-corrected chi connectivity index (χ1v) is 6.24. The highest BCUT2D eigenvalue weighted by Crippen LogP contribution is 2.18. The minimum atomic E-state index is 0.151. The van der Waals surface area contributed by atoms with Crippen LogP contribution in [0.1, 0.15) is 23.7 Å². The molecule has 1 aliphatic heterocycles. The summed E-state index contributed by atoms with van der Waals surface area (Å²) >= 11 is 0. The number of carbonyl (C=O) groups is 1. The van der Waals surface area contributed by atoms with Gasteiger partial charge in [0, 0.05) is 24.7 Å². The Morgan fingerprint density at radius 3 is 2.71 bits per heavy atom. The van der Waals surface area contributed by atoms with E-state index in [4.69, 9.17) is 0 Å². The number of likely N-dealkylation sites (N-methyl/N-ethyl adjacent to an activating group) is 1. The number of carbonyl (C=O) groups excluding carboxylic acids is 1. The molecular weight excluding hydrogens is 212 g/mol. The molecule has 92 valence electrons. The van der Waals surface area contributed by atoms with Crippen LogP contribution in [0.2, 0.25) is 0 Å². The summed E-state index contributed by atoms with van der Waals surface area (Å²) in [6.07, 6.45) is 1.07. The Kier molecular flexibility index (Phi) is 3.79. The van der Waals surface area contributed by atoms with Gasteiger partial charge in [0.1, 0.15) is 0 Å². The Morgan fingerprint density at radius 1 is 1.35 bits per heavy atom. The second kappa shape index (κ2) is 5.32. The summed E-state index contributed by atoms with van der Waals surface area (Å²) < 4.78 is 0. The van der Waals surface area contributed by atoms with Crippen LogP contribution in [-0.2, 0) is 0 Å². The highest BCUT2D eigenvalue weighted by Gasteiger charge is 2.27. The second-order valence-electron chi connectivity index (χ2n) is 4.78. The number of rotatable bonds is 2. The van der Waals surface area contributed by atoms with Gasteiger partial charge in [-0.15, -0.1) is 0 Å². The summed E-state index contributed by atoms with van der Waals surface area (Å²) in [5, 5.41) is 3.30. The maximum Gasteiger partial charge on any atom is 0.253 e. The molecule has 0 spiro atoms. The first kappa shape index (κ1) is 12.1. The van der Waals surface area contributed by atoms with Crippen molar-refractivity contribution < 1.29 is 4.79 Å². The van der Waals surface area contributed by atoms with E-state index < -0.39 is 0 Å². The standard InChI is InChI=1S/C14H20N2O/c1-11-8-9-16(10-13(11)15-2)14(17)12-6-4-3-5-7-12/h3-7,11,13,15H,8-10H2,1-2H3/t11?,13-/m0/s1. The lowest BCUT2D eigenvalue weighted by molar-refractivity contribution is 0.0654. The van der Waals surface area contributed by atoms with Gasteiger partial charge in [-0.2, -0.15) is 0 Å². The van der Waals surface area contributed by atoms with E-state index in [1.807, 2.05) is 42.3 Å². The van der Waals surface area contributed by atoms with Gasteiger partial charge < -0.3 is 10.2 Å². The van der Waals surface area contributed by atoms with Crippen LogP contribution >= 0.6 is 0 Å². The van der Waals surface area contributed by atoms with Gasteiger partial charge in [-0.3, -0.25) is 4.79 Å². The van der Waals surface area contributed by atoms with Crippen molar-refractivity contribution in [2.75, 3.05) is 20.1 Å². The lowest BCUT2D eigenvalue weighted by Gasteiger charge is -2.37. The Balaban J connectivity index is 2.06. The summed E-state index contributed by atoms with van der Waals surface area (Å²) in [6, 6.07) is 9.94. The van der Waals surface area contributed by atoms with E-state index in [0.29, 0.717) is 12.0 Å². The molecule has 0 aromatic heterocycles. The Labute approximate surface area is 103 Å². The number of likely N-dealkylation sites (tertiary alicyclic amines) is 1. The molecule has 0 aliphatic carbocycles. The van der Waals surface area contributed by atoms with Crippen LogP contribution in [0.3, 0.4) is 0 Å². The molecule has 1 N–H and O–H groups in total. The number of hydrogen-bond donors (Lipinski definition) is 1. The van der Waals surface area contributed by atoms with E-state index in [1.54, 1.807) is 0 Å². The first-order chi connectivity index (χ1) is 8.22. The minimum absolute atomic E-state index is 0.151. The predicted molar refractivity (Wildman–Crippen MR) is 69.0 cm³/mol. The van der Waals surface area contributed by atoms with E-state index >= 15 is 0 Å².